The number of anilines is 1. The molecular weight excluding hydrogens is 392 g/mol. The first kappa shape index (κ1) is 20.2. The van der Waals surface area contributed by atoms with Crippen LogP contribution in [0.2, 0.25) is 0 Å². The van der Waals surface area contributed by atoms with Gasteiger partial charge in [-0.15, -0.1) is 0 Å². The lowest BCUT2D eigenvalue weighted by atomic mass is 10.0. The number of methoxy groups -OCH3 is 1. The number of amides is 1. The molecule has 3 heterocycles. The van der Waals surface area contributed by atoms with E-state index in [9.17, 15) is 4.79 Å². The average Bonchev–Trinajstić information content (AvgIpc) is 3.19. The van der Waals surface area contributed by atoms with Crippen LogP contribution in [0.1, 0.15) is 17.0 Å². The summed E-state index contributed by atoms with van der Waals surface area (Å²) < 4.78 is 6.88. The number of aromatic nitrogens is 5. The summed E-state index contributed by atoms with van der Waals surface area (Å²) in [7, 11) is 3.44. The molecule has 1 amide bonds. The van der Waals surface area contributed by atoms with E-state index in [1.807, 2.05) is 56.1 Å². The van der Waals surface area contributed by atoms with Gasteiger partial charge < -0.3 is 10.1 Å². The maximum absolute atomic E-state index is 12.3. The Hall–Kier alpha value is -4.07. The summed E-state index contributed by atoms with van der Waals surface area (Å²) >= 11 is 0. The molecule has 0 fully saturated rings. The fraction of sp³-hybridized carbons (Fsp3) is 0.174. The lowest BCUT2D eigenvalue weighted by molar-refractivity contribution is -0.115. The minimum atomic E-state index is -0.120. The highest BCUT2D eigenvalue weighted by atomic mass is 16.5. The van der Waals surface area contributed by atoms with Gasteiger partial charge in [0.15, 0.2) is 0 Å². The molecule has 0 saturated carbocycles. The number of benzene rings is 1. The van der Waals surface area contributed by atoms with Crippen molar-refractivity contribution in [2.45, 2.75) is 12.8 Å². The summed E-state index contributed by atoms with van der Waals surface area (Å²) in [6.45, 7) is 0. The lowest BCUT2D eigenvalue weighted by Gasteiger charge is -2.07. The van der Waals surface area contributed by atoms with Crippen molar-refractivity contribution in [3.05, 3.63) is 84.5 Å². The number of nitrogens with zero attached hydrogens (tertiary/aromatic N) is 5. The number of carbonyl (C=O) groups excluding carboxylic acids is 1. The van der Waals surface area contributed by atoms with E-state index in [0.29, 0.717) is 17.9 Å². The Morgan fingerprint density at radius 2 is 1.77 bits per heavy atom. The maximum atomic E-state index is 12.3. The van der Waals surface area contributed by atoms with Crippen molar-refractivity contribution >= 4 is 11.6 Å². The molecule has 4 rings (SSSR count). The summed E-state index contributed by atoms with van der Waals surface area (Å²) in [6.07, 6.45) is 11.5. The van der Waals surface area contributed by atoms with E-state index >= 15 is 0 Å². The fourth-order valence-electron chi connectivity index (χ4n) is 3.15. The van der Waals surface area contributed by atoms with Crippen LogP contribution < -0.4 is 10.1 Å². The molecule has 0 aliphatic heterocycles. The summed E-state index contributed by atoms with van der Waals surface area (Å²) in [4.78, 5) is 25.3. The molecule has 1 N–H and O–H groups in total. The molecule has 0 bridgehead atoms. The molecule has 3 aromatic heterocycles. The van der Waals surface area contributed by atoms with Gasteiger partial charge in [-0.05, 0) is 16.7 Å². The van der Waals surface area contributed by atoms with Crippen molar-refractivity contribution in [2.24, 2.45) is 7.05 Å². The van der Waals surface area contributed by atoms with Crippen LogP contribution in [-0.4, -0.2) is 37.7 Å². The van der Waals surface area contributed by atoms with Crippen LogP contribution in [0.3, 0.4) is 0 Å². The predicted molar refractivity (Wildman–Crippen MR) is 117 cm³/mol. The minimum Gasteiger partial charge on any atom is -0.495 e. The largest absolute Gasteiger partial charge is 0.495 e. The van der Waals surface area contributed by atoms with E-state index in [1.54, 1.807) is 30.3 Å². The van der Waals surface area contributed by atoms with Crippen molar-refractivity contribution in [3.8, 4) is 16.9 Å². The minimum absolute atomic E-state index is 0.120. The zero-order chi connectivity index (χ0) is 21.6. The lowest BCUT2D eigenvalue weighted by Crippen LogP contribution is -2.14. The molecule has 0 saturated heterocycles. The van der Waals surface area contributed by atoms with E-state index in [4.69, 9.17) is 4.74 Å². The van der Waals surface area contributed by atoms with Crippen LogP contribution >= 0.6 is 0 Å². The average molecular weight is 414 g/mol. The molecule has 1 aromatic carbocycles. The second kappa shape index (κ2) is 9.17. The van der Waals surface area contributed by atoms with E-state index in [2.05, 4.69) is 25.4 Å². The normalized spacial score (nSPS) is 10.6. The third-order valence-corrected chi connectivity index (χ3v) is 4.71. The zero-order valence-corrected chi connectivity index (χ0v) is 17.3. The van der Waals surface area contributed by atoms with Gasteiger partial charge in [-0.25, -0.2) is 9.97 Å². The quantitative estimate of drug-likeness (QED) is 0.499. The van der Waals surface area contributed by atoms with Gasteiger partial charge in [0.25, 0.3) is 0 Å². The van der Waals surface area contributed by atoms with Gasteiger partial charge in [-0.3, -0.25) is 14.5 Å². The number of nitrogens with one attached hydrogen (secondary N) is 1. The number of hydrogen-bond acceptors (Lipinski definition) is 6. The molecule has 0 radical (unpaired) electrons. The standard InChI is InChI=1S/C23H22N6O2/c1-29-15-17(10-27-29)7-22-25-11-19(12-26-22)18-5-3-16(4-6-18)8-23(30)28-20-9-21(31-2)14-24-13-20/h3-6,9-15H,7-8H2,1-2H3,(H,28,30). The third-order valence-electron chi connectivity index (χ3n) is 4.71. The van der Waals surface area contributed by atoms with Crippen molar-refractivity contribution < 1.29 is 9.53 Å². The predicted octanol–water partition coefficient (Wildman–Crippen LogP) is 3.05. The second-order valence-electron chi connectivity index (χ2n) is 7.12. The van der Waals surface area contributed by atoms with Crippen LogP contribution in [0.5, 0.6) is 5.75 Å². The Bertz CT molecular complexity index is 1170. The van der Waals surface area contributed by atoms with Crippen LogP contribution in [0.15, 0.2) is 67.5 Å². The number of rotatable bonds is 7. The molecule has 0 unspecified atom stereocenters. The summed E-state index contributed by atoms with van der Waals surface area (Å²) in [5.41, 5.74) is 4.50. The highest BCUT2D eigenvalue weighted by molar-refractivity contribution is 5.92. The molecule has 4 aromatic rings. The molecule has 156 valence electrons. The smallest absolute Gasteiger partial charge is 0.228 e. The molecule has 8 heteroatoms. The Labute approximate surface area is 180 Å². The fourth-order valence-corrected chi connectivity index (χ4v) is 3.15. The van der Waals surface area contributed by atoms with Gasteiger partial charge in [-0.1, -0.05) is 24.3 Å². The van der Waals surface area contributed by atoms with Gasteiger partial charge in [0.1, 0.15) is 11.6 Å². The van der Waals surface area contributed by atoms with E-state index in [1.165, 1.54) is 0 Å². The molecule has 8 nitrogen and oxygen atoms in total. The molecular formula is C23H22N6O2. The van der Waals surface area contributed by atoms with E-state index in [-0.39, 0.29) is 12.3 Å². The molecule has 31 heavy (non-hydrogen) atoms. The van der Waals surface area contributed by atoms with Crippen molar-refractivity contribution in [3.63, 3.8) is 0 Å². The number of aryl methyl sites for hydroxylation is 1. The van der Waals surface area contributed by atoms with Gasteiger partial charge in [0.2, 0.25) is 5.91 Å². The monoisotopic (exact) mass is 414 g/mol. The van der Waals surface area contributed by atoms with Gasteiger partial charge in [-0.2, -0.15) is 5.10 Å². The third kappa shape index (κ3) is 5.30. The number of carbonyl (C=O) groups is 1. The van der Waals surface area contributed by atoms with Gasteiger partial charge >= 0.3 is 0 Å². The van der Waals surface area contributed by atoms with Crippen LogP contribution in [0.4, 0.5) is 5.69 Å². The SMILES string of the molecule is COc1cncc(NC(=O)Cc2ccc(-c3cnc(Cc4cnn(C)c4)nc3)cc2)c1. The highest BCUT2D eigenvalue weighted by Gasteiger charge is 2.07. The Kier molecular flexibility index (Phi) is 5.98. The number of pyridine rings is 1. The first-order valence-corrected chi connectivity index (χ1v) is 9.76. The first-order valence-electron chi connectivity index (χ1n) is 9.76. The van der Waals surface area contributed by atoms with Crippen molar-refractivity contribution in [1.29, 1.82) is 0 Å². The Morgan fingerprint density at radius 1 is 1.00 bits per heavy atom. The van der Waals surface area contributed by atoms with Gasteiger partial charge in [0, 0.05) is 43.7 Å². The summed E-state index contributed by atoms with van der Waals surface area (Å²) in [5, 5.41) is 6.99. The molecule has 0 atom stereocenters. The topological polar surface area (TPSA) is 94.8 Å². The second-order valence-corrected chi connectivity index (χ2v) is 7.12. The van der Waals surface area contributed by atoms with Crippen LogP contribution in [0.25, 0.3) is 11.1 Å². The highest BCUT2D eigenvalue weighted by Crippen LogP contribution is 2.19. The molecule has 0 aliphatic carbocycles. The number of hydrogen-bond donors (Lipinski definition) is 1. The Balaban J connectivity index is 1.36. The maximum Gasteiger partial charge on any atom is 0.228 e. The van der Waals surface area contributed by atoms with Crippen molar-refractivity contribution in [1.82, 2.24) is 24.7 Å². The van der Waals surface area contributed by atoms with Crippen LogP contribution in [-0.2, 0) is 24.7 Å². The first-order chi connectivity index (χ1) is 15.1. The van der Waals surface area contributed by atoms with Crippen LogP contribution in [0, 0.1) is 0 Å². The molecule has 0 aliphatic rings. The Morgan fingerprint density at radius 3 is 2.45 bits per heavy atom. The van der Waals surface area contributed by atoms with E-state index < -0.39 is 0 Å². The molecule has 0 spiro atoms. The summed E-state index contributed by atoms with van der Waals surface area (Å²) in [6, 6.07) is 9.53. The van der Waals surface area contributed by atoms with E-state index in [0.717, 1.165) is 28.1 Å². The van der Waals surface area contributed by atoms with Gasteiger partial charge in [0.05, 0.1) is 37.8 Å². The summed E-state index contributed by atoms with van der Waals surface area (Å²) in [5.74, 6) is 1.22. The number of ether oxygens (including phenoxy) is 1. The van der Waals surface area contributed by atoms with Crippen molar-refractivity contribution in [2.75, 3.05) is 12.4 Å². The zero-order valence-electron chi connectivity index (χ0n) is 17.3.